The summed E-state index contributed by atoms with van der Waals surface area (Å²) in [5.41, 5.74) is 0. The summed E-state index contributed by atoms with van der Waals surface area (Å²) in [6.45, 7) is 7.26. The lowest BCUT2D eigenvalue weighted by Gasteiger charge is -2.12. The van der Waals surface area contributed by atoms with Crippen molar-refractivity contribution < 1.29 is 4.74 Å². The smallest absolute Gasteiger partial charge is 0.157 e. The summed E-state index contributed by atoms with van der Waals surface area (Å²) in [6, 6.07) is 0. The molecule has 0 aromatic carbocycles. The molecule has 0 aliphatic carbocycles. The van der Waals surface area contributed by atoms with E-state index in [9.17, 15) is 0 Å². The molecule has 78 valence electrons. The fourth-order valence-electron chi connectivity index (χ4n) is 1.12. The first-order valence-electron chi connectivity index (χ1n) is 4.69. The second kappa shape index (κ2) is 5.44. The number of ether oxygens (including phenoxy) is 1. The minimum atomic E-state index is 0.138. The Bertz CT molecular complexity index is 283. The molecule has 0 amide bonds. The minimum absolute atomic E-state index is 0.138. The number of rotatable bonds is 6. The number of hydrogen-bond acceptors (Lipinski definition) is 3. The number of nitrogens with one attached hydrogen (secondary N) is 1. The van der Waals surface area contributed by atoms with E-state index in [0.717, 1.165) is 18.8 Å². The molecule has 0 saturated carbocycles. The van der Waals surface area contributed by atoms with E-state index in [1.165, 1.54) is 0 Å². The van der Waals surface area contributed by atoms with Gasteiger partial charge in [0.25, 0.3) is 0 Å². The zero-order chi connectivity index (χ0) is 10.4. The third-order valence-corrected chi connectivity index (χ3v) is 1.74. The van der Waals surface area contributed by atoms with Crippen molar-refractivity contribution in [1.82, 2.24) is 15.1 Å². The van der Waals surface area contributed by atoms with Crippen molar-refractivity contribution >= 4 is 0 Å². The quantitative estimate of drug-likeness (QED) is 0.543. The van der Waals surface area contributed by atoms with Crippen LogP contribution in [0.25, 0.3) is 0 Å². The highest BCUT2D eigenvalue weighted by molar-refractivity contribution is 5.11. The average molecular weight is 195 g/mol. The van der Waals surface area contributed by atoms with Crippen molar-refractivity contribution in [2.75, 3.05) is 13.1 Å². The van der Waals surface area contributed by atoms with Gasteiger partial charge in [-0.15, -0.1) is 6.58 Å². The van der Waals surface area contributed by atoms with Gasteiger partial charge in [0.1, 0.15) is 6.10 Å². The van der Waals surface area contributed by atoms with E-state index in [4.69, 9.17) is 4.74 Å². The van der Waals surface area contributed by atoms with Gasteiger partial charge in [0.05, 0.1) is 12.4 Å². The van der Waals surface area contributed by atoms with Crippen LogP contribution >= 0.6 is 0 Å². The topological polar surface area (TPSA) is 39.1 Å². The van der Waals surface area contributed by atoms with E-state index in [1.54, 1.807) is 10.9 Å². The Hall–Kier alpha value is -1.29. The molecule has 1 heterocycles. The van der Waals surface area contributed by atoms with Gasteiger partial charge in [-0.1, -0.05) is 6.08 Å². The Morgan fingerprint density at radius 1 is 1.79 bits per heavy atom. The van der Waals surface area contributed by atoms with Crippen LogP contribution in [-0.2, 0) is 7.05 Å². The van der Waals surface area contributed by atoms with Gasteiger partial charge in [0.2, 0.25) is 0 Å². The predicted octanol–water partition coefficient (Wildman–Crippen LogP) is 0.963. The molecule has 14 heavy (non-hydrogen) atoms. The molecule has 0 aliphatic heterocycles. The fraction of sp³-hybridized carbons (Fsp3) is 0.500. The van der Waals surface area contributed by atoms with Gasteiger partial charge in [0.15, 0.2) is 5.75 Å². The molecule has 1 atom stereocenters. The molecular formula is C10H17N3O. The normalized spacial score (nSPS) is 12.4. The van der Waals surface area contributed by atoms with Crippen LogP contribution in [-0.4, -0.2) is 29.0 Å². The van der Waals surface area contributed by atoms with E-state index >= 15 is 0 Å². The predicted molar refractivity (Wildman–Crippen MR) is 56.4 cm³/mol. The lowest BCUT2D eigenvalue weighted by Crippen LogP contribution is -2.28. The molecule has 0 saturated heterocycles. The van der Waals surface area contributed by atoms with Crippen LogP contribution in [0.4, 0.5) is 0 Å². The summed E-state index contributed by atoms with van der Waals surface area (Å²) in [6.07, 6.45) is 5.53. The maximum absolute atomic E-state index is 5.60. The lowest BCUT2D eigenvalue weighted by atomic mass is 10.4. The van der Waals surface area contributed by atoms with Crippen LogP contribution in [0, 0.1) is 0 Å². The van der Waals surface area contributed by atoms with Crippen LogP contribution in [0.1, 0.15) is 6.92 Å². The molecule has 1 aromatic rings. The van der Waals surface area contributed by atoms with Gasteiger partial charge in [-0.05, 0) is 6.92 Å². The third-order valence-electron chi connectivity index (χ3n) is 1.74. The number of aryl methyl sites for hydroxylation is 1. The second-order valence-corrected chi connectivity index (χ2v) is 3.23. The standard InChI is InChI=1S/C10H17N3O/c1-4-5-11-6-9(2)14-10-7-12-13(3)8-10/h4,7-9,11H,1,5-6H2,2-3H3. The largest absolute Gasteiger partial charge is 0.486 e. The molecular weight excluding hydrogens is 178 g/mol. The first-order valence-corrected chi connectivity index (χ1v) is 4.69. The average Bonchev–Trinajstić information content (AvgIpc) is 2.52. The van der Waals surface area contributed by atoms with E-state index < -0.39 is 0 Å². The summed E-state index contributed by atoms with van der Waals surface area (Å²) in [5.74, 6) is 0.806. The van der Waals surface area contributed by atoms with Gasteiger partial charge in [-0.25, -0.2) is 0 Å². The first kappa shape index (κ1) is 10.8. The van der Waals surface area contributed by atoms with Gasteiger partial charge in [0, 0.05) is 20.1 Å². The van der Waals surface area contributed by atoms with Crippen LogP contribution in [0.3, 0.4) is 0 Å². The lowest BCUT2D eigenvalue weighted by molar-refractivity contribution is 0.219. The van der Waals surface area contributed by atoms with Crippen molar-refractivity contribution in [2.45, 2.75) is 13.0 Å². The van der Waals surface area contributed by atoms with E-state index in [2.05, 4.69) is 17.0 Å². The SMILES string of the molecule is C=CCNCC(C)Oc1cnn(C)c1. The van der Waals surface area contributed by atoms with Gasteiger partial charge in [-0.2, -0.15) is 5.10 Å². The summed E-state index contributed by atoms with van der Waals surface area (Å²) in [4.78, 5) is 0. The molecule has 0 spiro atoms. The van der Waals surface area contributed by atoms with E-state index in [-0.39, 0.29) is 6.10 Å². The number of hydrogen-bond donors (Lipinski definition) is 1. The summed E-state index contributed by atoms with van der Waals surface area (Å²) >= 11 is 0. The molecule has 4 heteroatoms. The molecule has 4 nitrogen and oxygen atoms in total. The summed E-state index contributed by atoms with van der Waals surface area (Å²) in [5, 5.41) is 7.21. The molecule has 0 radical (unpaired) electrons. The van der Waals surface area contributed by atoms with Crippen molar-refractivity contribution in [1.29, 1.82) is 0 Å². The zero-order valence-corrected chi connectivity index (χ0v) is 8.73. The molecule has 1 aromatic heterocycles. The molecule has 0 aliphatic rings. The Labute approximate surface area is 84.6 Å². The van der Waals surface area contributed by atoms with Crippen LogP contribution in [0.15, 0.2) is 25.0 Å². The van der Waals surface area contributed by atoms with Crippen molar-refractivity contribution in [3.8, 4) is 5.75 Å². The fourth-order valence-corrected chi connectivity index (χ4v) is 1.12. The summed E-state index contributed by atoms with van der Waals surface area (Å²) < 4.78 is 7.32. The highest BCUT2D eigenvalue weighted by Gasteiger charge is 2.03. The highest BCUT2D eigenvalue weighted by Crippen LogP contribution is 2.08. The van der Waals surface area contributed by atoms with E-state index in [0.29, 0.717) is 0 Å². The Kier molecular flexibility index (Phi) is 4.19. The van der Waals surface area contributed by atoms with Crippen molar-refractivity contribution in [3.05, 3.63) is 25.0 Å². The Balaban J connectivity index is 2.26. The first-order chi connectivity index (χ1) is 6.72. The third kappa shape index (κ3) is 3.62. The van der Waals surface area contributed by atoms with Gasteiger partial charge in [-0.3, -0.25) is 4.68 Å². The summed E-state index contributed by atoms with van der Waals surface area (Å²) in [7, 11) is 1.87. The van der Waals surface area contributed by atoms with Crippen LogP contribution in [0.2, 0.25) is 0 Å². The molecule has 0 bridgehead atoms. The maximum Gasteiger partial charge on any atom is 0.157 e. The Morgan fingerprint density at radius 3 is 3.14 bits per heavy atom. The van der Waals surface area contributed by atoms with Crippen LogP contribution in [0.5, 0.6) is 5.75 Å². The zero-order valence-electron chi connectivity index (χ0n) is 8.73. The Morgan fingerprint density at radius 2 is 2.57 bits per heavy atom. The highest BCUT2D eigenvalue weighted by atomic mass is 16.5. The number of aromatic nitrogens is 2. The maximum atomic E-state index is 5.60. The second-order valence-electron chi connectivity index (χ2n) is 3.23. The van der Waals surface area contributed by atoms with Crippen molar-refractivity contribution in [2.24, 2.45) is 7.05 Å². The monoisotopic (exact) mass is 195 g/mol. The molecule has 0 fully saturated rings. The van der Waals surface area contributed by atoms with Crippen molar-refractivity contribution in [3.63, 3.8) is 0 Å². The molecule has 1 unspecified atom stereocenters. The van der Waals surface area contributed by atoms with Crippen LogP contribution < -0.4 is 10.1 Å². The number of nitrogens with zero attached hydrogens (tertiary/aromatic N) is 2. The molecule has 1 N–H and O–H groups in total. The van der Waals surface area contributed by atoms with Gasteiger partial charge < -0.3 is 10.1 Å². The molecule has 1 rings (SSSR count). The minimum Gasteiger partial charge on any atom is -0.486 e. The van der Waals surface area contributed by atoms with E-state index in [1.807, 2.05) is 26.2 Å². The van der Waals surface area contributed by atoms with Gasteiger partial charge >= 0.3 is 0 Å².